The molecule has 0 amide bonds. The molecule has 5 nitrogen and oxygen atoms in total. The number of nitro groups is 1. The first-order valence-electron chi connectivity index (χ1n) is 4.12. The van der Waals surface area contributed by atoms with Crippen LogP contribution in [0.1, 0.15) is 18.4 Å². The van der Waals surface area contributed by atoms with Crippen molar-refractivity contribution in [3.63, 3.8) is 0 Å². The molecule has 0 spiro atoms. The van der Waals surface area contributed by atoms with Crippen LogP contribution in [0.4, 0.5) is 15.9 Å². The van der Waals surface area contributed by atoms with Crippen LogP contribution >= 0.6 is 0 Å². The van der Waals surface area contributed by atoms with Crippen LogP contribution < -0.4 is 5.73 Å². The second kappa shape index (κ2) is 2.63. The van der Waals surface area contributed by atoms with Gasteiger partial charge in [-0.05, 0) is 18.9 Å². The van der Waals surface area contributed by atoms with Gasteiger partial charge < -0.3 is 5.73 Å². The predicted molar refractivity (Wildman–Crippen MR) is 47.3 cm³/mol. The number of alkyl halides is 1. The molecule has 1 heterocycles. The van der Waals surface area contributed by atoms with E-state index >= 15 is 0 Å². The van der Waals surface area contributed by atoms with Crippen LogP contribution in [0, 0.1) is 10.1 Å². The highest BCUT2D eigenvalue weighted by molar-refractivity contribution is 5.50. The number of pyridine rings is 1. The fourth-order valence-electron chi connectivity index (χ4n) is 1.35. The van der Waals surface area contributed by atoms with Crippen molar-refractivity contribution in [1.82, 2.24) is 4.98 Å². The third kappa shape index (κ3) is 1.28. The molecular formula is C8H8FN3O2. The molecule has 1 saturated carbocycles. The summed E-state index contributed by atoms with van der Waals surface area (Å²) in [4.78, 5) is 13.5. The van der Waals surface area contributed by atoms with E-state index in [1.165, 1.54) is 6.07 Å². The van der Waals surface area contributed by atoms with Gasteiger partial charge in [0.1, 0.15) is 17.7 Å². The summed E-state index contributed by atoms with van der Waals surface area (Å²) >= 11 is 0. The van der Waals surface area contributed by atoms with Crippen molar-refractivity contribution in [2.45, 2.75) is 18.5 Å². The molecule has 0 bridgehead atoms. The normalized spacial score (nSPS) is 17.8. The van der Waals surface area contributed by atoms with Gasteiger partial charge in [-0.25, -0.2) is 9.37 Å². The molecule has 1 fully saturated rings. The Morgan fingerprint density at radius 3 is 2.79 bits per heavy atom. The van der Waals surface area contributed by atoms with Gasteiger partial charge >= 0.3 is 0 Å². The van der Waals surface area contributed by atoms with Gasteiger partial charge in [0.25, 0.3) is 5.69 Å². The SMILES string of the molecule is Nc1cc(C2(F)CC2)c([N+](=O)[O-])cn1. The first kappa shape index (κ1) is 8.86. The number of hydrogen-bond donors (Lipinski definition) is 1. The third-order valence-electron chi connectivity index (χ3n) is 2.27. The molecule has 2 rings (SSSR count). The number of rotatable bonds is 2. The van der Waals surface area contributed by atoms with E-state index in [0.717, 1.165) is 6.20 Å². The Kier molecular flexibility index (Phi) is 1.67. The van der Waals surface area contributed by atoms with Crippen molar-refractivity contribution in [1.29, 1.82) is 0 Å². The van der Waals surface area contributed by atoms with Crippen LogP contribution in [0.2, 0.25) is 0 Å². The van der Waals surface area contributed by atoms with Gasteiger partial charge in [-0.3, -0.25) is 10.1 Å². The van der Waals surface area contributed by atoms with Crippen molar-refractivity contribution in [3.05, 3.63) is 27.9 Å². The van der Waals surface area contributed by atoms with Crippen LogP contribution in [-0.2, 0) is 5.67 Å². The van der Waals surface area contributed by atoms with Crippen LogP contribution in [0.25, 0.3) is 0 Å². The highest BCUT2D eigenvalue weighted by Crippen LogP contribution is 2.52. The van der Waals surface area contributed by atoms with Crippen LogP contribution in [0.5, 0.6) is 0 Å². The lowest BCUT2D eigenvalue weighted by Gasteiger charge is -2.06. The maximum atomic E-state index is 13.6. The Balaban J connectivity index is 2.54. The van der Waals surface area contributed by atoms with Crippen molar-refractivity contribution < 1.29 is 9.31 Å². The van der Waals surface area contributed by atoms with E-state index in [9.17, 15) is 14.5 Å². The van der Waals surface area contributed by atoms with Crippen molar-refractivity contribution in [2.75, 3.05) is 5.73 Å². The number of nitrogens with two attached hydrogens (primary N) is 1. The zero-order valence-electron chi connectivity index (χ0n) is 7.24. The quantitative estimate of drug-likeness (QED) is 0.575. The molecule has 0 atom stereocenters. The van der Waals surface area contributed by atoms with Crippen molar-refractivity contribution >= 4 is 11.5 Å². The topological polar surface area (TPSA) is 82.0 Å². The van der Waals surface area contributed by atoms with E-state index < -0.39 is 10.6 Å². The summed E-state index contributed by atoms with van der Waals surface area (Å²) in [6.45, 7) is 0. The zero-order valence-corrected chi connectivity index (χ0v) is 7.24. The third-order valence-corrected chi connectivity index (χ3v) is 2.27. The molecule has 14 heavy (non-hydrogen) atoms. The van der Waals surface area contributed by atoms with E-state index in [0.29, 0.717) is 12.8 Å². The maximum Gasteiger partial charge on any atom is 0.294 e. The van der Waals surface area contributed by atoms with E-state index in [4.69, 9.17) is 5.73 Å². The highest BCUT2D eigenvalue weighted by Gasteiger charge is 2.49. The summed E-state index contributed by atoms with van der Waals surface area (Å²) in [6, 6.07) is 1.24. The Morgan fingerprint density at radius 2 is 2.29 bits per heavy atom. The molecule has 1 aromatic heterocycles. The van der Waals surface area contributed by atoms with E-state index in [1.54, 1.807) is 0 Å². The van der Waals surface area contributed by atoms with Crippen LogP contribution in [0.15, 0.2) is 12.3 Å². The summed E-state index contributed by atoms with van der Waals surface area (Å²) in [5.41, 5.74) is 3.55. The minimum absolute atomic E-state index is 0.0509. The largest absolute Gasteiger partial charge is 0.384 e. The lowest BCUT2D eigenvalue weighted by molar-refractivity contribution is -0.386. The average molecular weight is 197 g/mol. The Morgan fingerprint density at radius 1 is 1.64 bits per heavy atom. The van der Waals surface area contributed by atoms with E-state index in [-0.39, 0.29) is 17.1 Å². The van der Waals surface area contributed by atoms with Gasteiger partial charge in [0.05, 0.1) is 10.5 Å². The van der Waals surface area contributed by atoms with Crippen LogP contribution in [0.3, 0.4) is 0 Å². The first-order chi connectivity index (χ1) is 6.53. The summed E-state index contributed by atoms with van der Waals surface area (Å²) in [6.07, 6.45) is 1.64. The fourth-order valence-corrected chi connectivity index (χ4v) is 1.35. The molecule has 1 aromatic rings. The van der Waals surface area contributed by atoms with Crippen molar-refractivity contribution in [3.8, 4) is 0 Å². The average Bonchev–Trinajstić information content (AvgIpc) is 2.84. The number of hydrogen-bond acceptors (Lipinski definition) is 4. The lowest BCUT2D eigenvalue weighted by Crippen LogP contribution is -2.05. The number of nitrogen functional groups attached to an aromatic ring is 1. The predicted octanol–water partition coefficient (Wildman–Crippen LogP) is 1.53. The van der Waals surface area contributed by atoms with E-state index in [1.807, 2.05) is 0 Å². The molecule has 0 unspecified atom stereocenters. The standard InChI is InChI=1S/C8H8FN3O2/c9-8(1-2-8)5-3-7(10)11-4-6(5)12(13)14/h3-4H,1-2H2,(H2,10,11). The summed E-state index contributed by atoms with van der Waals surface area (Å²) in [5, 5.41) is 10.6. The molecule has 1 aliphatic rings. The maximum absolute atomic E-state index is 13.6. The van der Waals surface area contributed by atoms with Gasteiger partial charge in [0.2, 0.25) is 0 Å². The van der Waals surface area contributed by atoms with Gasteiger partial charge in [-0.15, -0.1) is 0 Å². The molecule has 74 valence electrons. The smallest absolute Gasteiger partial charge is 0.294 e. The van der Waals surface area contributed by atoms with Gasteiger partial charge in [-0.2, -0.15) is 0 Å². The molecule has 6 heteroatoms. The number of halogens is 1. The highest BCUT2D eigenvalue weighted by atomic mass is 19.1. The second-order valence-electron chi connectivity index (χ2n) is 3.35. The first-order valence-corrected chi connectivity index (χ1v) is 4.12. The minimum Gasteiger partial charge on any atom is -0.384 e. The molecule has 0 saturated heterocycles. The monoisotopic (exact) mass is 197 g/mol. The summed E-state index contributed by atoms with van der Waals surface area (Å²) in [5.74, 6) is 0.106. The summed E-state index contributed by atoms with van der Waals surface area (Å²) in [7, 11) is 0. The molecule has 2 N–H and O–H groups in total. The fraction of sp³-hybridized carbons (Fsp3) is 0.375. The van der Waals surface area contributed by atoms with E-state index in [2.05, 4.69) is 4.98 Å². The second-order valence-corrected chi connectivity index (χ2v) is 3.35. The van der Waals surface area contributed by atoms with Gasteiger partial charge in [0, 0.05) is 0 Å². The molecule has 1 aliphatic carbocycles. The Labute approximate surface area is 78.9 Å². The zero-order chi connectivity index (χ0) is 10.3. The van der Waals surface area contributed by atoms with Crippen LogP contribution in [-0.4, -0.2) is 9.91 Å². The Hall–Kier alpha value is -1.72. The molecule has 0 aliphatic heterocycles. The Bertz CT molecular complexity index is 404. The molecular weight excluding hydrogens is 189 g/mol. The van der Waals surface area contributed by atoms with Gasteiger partial charge in [0.15, 0.2) is 0 Å². The van der Waals surface area contributed by atoms with Crippen molar-refractivity contribution in [2.24, 2.45) is 0 Å². The number of aromatic nitrogens is 1. The lowest BCUT2D eigenvalue weighted by atomic mass is 10.1. The molecule has 0 aromatic carbocycles. The number of anilines is 1. The minimum atomic E-state index is -1.56. The number of nitrogens with zero attached hydrogens (tertiary/aromatic N) is 2. The molecule has 0 radical (unpaired) electrons. The van der Waals surface area contributed by atoms with Gasteiger partial charge in [-0.1, -0.05) is 0 Å². The summed E-state index contributed by atoms with van der Waals surface area (Å²) < 4.78 is 13.6.